The number of hydrogen-bond donors (Lipinski definition) is 1. The van der Waals surface area contributed by atoms with Gasteiger partial charge in [0.05, 0.1) is 0 Å². The van der Waals surface area contributed by atoms with Crippen LogP contribution in [0.2, 0.25) is 0 Å². The van der Waals surface area contributed by atoms with Crippen LogP contribution < -0.4 is 5.73 Å². The molecule has 2 aliphatic rings. The second kappa shape index (κ2) is 8.14. The van der Waals surface area contributed by atoms with Crippen LogP contribution >= 0.6 is 0 Å². The van der Waals surface area contributed by atoms with Crippen LogP contribution in [0.15, 0.2) is 0 Å². The van der Waals surface area contributed by atoms with Crippen molar-refractivity contribution in [3.8, 4) is 0 Å². The van der Waals surface area contributed by atoms with Gasteiger partial charge in [-0.1, -0.05) is 0 Å². The fraction of sp³-hybridized carbons (Fsp3) is 0.941. The summed E-state index contributed by atoms with van der Waals surface area (Å²) in [6.07, 6.45) is 7.96. The number of likely N-dealkylation sites (tertiary alicyclic amines) is 1. The number of amides is 1. The van der Waals surface area contributed by atoms with Crippen molar-refractivity contribution in [1.82, 2.24) is 9.80 Å². The molecule has 1 saturated heterocycles. The Labute approximate surface area is 130 Å². The Morgan fingerprint density at radius 1 is 1.00 bits per heavy atom. The third-order valence-corrected chi connectivity index (χ3v) is 5.35. The summed E-state index contributed by atoms with van der Waals surface area (Å²) in [6, 6.07) is 0. The average Bonchev–Trinajstić information content (AvgIpc) is 2.48. The van der Waals surface area contributed by atoms with Crippen LogP contribution in [0, 0.1) is 17.8 Å². The minimum atomic E-state index is 0.398. The summed E-state index contributed by atoms with van der Waals surface area (Å²) in [5.41, 5.74) is 5.74. The number of piperidine rings is 1. The number of hydrogen-bond acceptors (Lipinski definition) is 3. The molecule has 0 aromatic heterocycles. The van der Waals surface area contributed by atoms with Crippen molar-refractivity contribution in [3.05, 3.63) is 0 Å². The van der Waals surface area contributed by atoms with Gasteiger partial charge in [-0.05, 0) is 76.9 Å². The lowest BCUT2D eigenvalue weighted by molar-refractivity contribution is -0.134. The lowest BCUT2D eigenvalue weighted by atomic mass is 9.80. The van der Waals surface area contributed by atoms with Crippen LogP contribution in [0.5, 0.6) is 0 Å². The molecule has 0 aromatic rings. The highest BCUT2D eigenvalue weighted by molar-refractivity contribution is 5.76. The van der Waals surface area contributed by atoms with Gasteiger partial charge in [0.1, 0.15) is 0 Å². The third-order valence-electron chi connectivity index (χ3n) is 5.35. The van der Waals surface area contributed by atoms with Crippen molar-refractivity contribution in [2.24, 2.45) is 23.5 Å². The Balaban J connectivity index is 1.68. The molecule has 1 amide bonds. The summed E-state index contributed by atoms with van der Waals surface area (Å²) in [5.74, 6) is 2.48. The quantitative estimate of drug-likeness (QED) is 0.843. The molecule has 21 heavy (non-hydrogen) atoms. The maximum absolute atomic E-state index is 12.4. The van der Waals surface area contributed by atoms with Crippen LogP contribution in [0.4, 0.5) is 0 Å². The van der Waals surface area contributed by atoms with Gasteiger partial charge in [-0.15, -0.1) is 0 Å². The lowest BCUT2D eigenvalue weighted by Gasteiger charge is -2.35. The smallest absolute Gasteiger partial charge is 0.222 e. The van der Waals surface area contributed by atoms with E-state index in [4.69, 9.17) is 5.73 Å². The van der Waals surface area contributed by atoms with Gasteiger partial charge in [0, 0.05) is 26.1 Å². The summed E-state index contributed by atoms with van der Waals surface area (Å²) in [6.45, 7) is 3.91. The molecule has 4 nitrogen and oxygen atoms in total. The van der Waals surface area contributed by atoms with Crippen LogP contribution in [0.1, 0.15) is 44.9 Å². The Kier molecular flexibility index (Phi) is 6.49. The van der Waals surface area contributed by atoms with E-state index in [-0.39, 0.29) is 0 Å². The van der Waals surface area contributed by atoms with E-state index in [1.165, 1.54) is 38.5 Å². The van der Waals surface area contributed by atoms with E-state index < -0.39 is 0 Å². The molecule has 1 saturated carbocycles. The highest BCUT2D eigenvalue weighted by atomic mass is 16.2. The first kappa shape index (κ1) is 16.8. The fourth-order valence-corrected chi connectivity index (χ4v) is 3.93. The van der Waals surface area contributed by atoms with Gasteiger partial charge in [0.15, 0.2) is 0 Å². The maximum atomic E-state index is 12.4. The van der Waals surface area contributed by atoms with Crippen LogP contribution in [-0.2, 0) is 4.79 Å². The predicted molar refractivity (Wildman–Crippen MR) is 87.0 cm³/mol. The monoisotopic (exact) mass is 295 g/mol. The minimum absolute atomic E-state index is 0.398. The van der Waals surface area contributed by atoms with E-state index >= 15 is 0 Å². The molecule has 1 heterocycles. The first-order chi connectivity index (χ1) is 10.1. The molecule has 0 spiro atoms. The summed E-state index contributed by atoms with van der Waals surface area (Å²) < 4.78 is 0. The maximum Gasteiger partial charge on any atom is 0.222 e. The van der Waals surface area contributed by atoms with Gasteiger partial charge in [0.2, 0.25) is 5.91 Å². The molecule has 0 radical (unpaired) electrons. The normalized spacial score (nSPS) is 28.1. The van der Waals surface area contributed by atoms with E-state index in [0.29, 0.717) is 17.7 Å². The summed E-state index contributed by atoms with van der Waals surface area (Å²) in [4.78, 5) is 16.8. The van der Waals surface area contributed by atoms with Gasteiger partial charge in [-0.3, -0.25) is 4.79 Å². The van der Waals surface area contributed by atoms with Gasteiger partial charge in [0.25, 0.3) is 0 Å². The van der Waals surface area contributed by atoms with Gasteiger partial charge >= 0.3 is 0 Å². The molecule has 0 bridgehead atoms. The number of nitrogens with zero attached hydrogens (tertiary/aromatic N) is 2. The molecule has 122 valence electrons. The SMILES string of the molecule is CN(C)CC1CCN(C(=O)CC2CCC(CN)CC2)CC1. The molecule has 4 heteroatoms. The first-order valence-corrected chi connectivity index (χ1v) is 8.71. The summed E-state index contributed by atoms with van der Waals surface area (Å²) in [5, 5.41) is 0. The highest BCUT2D eigenvalue weighted by Crippen LogP contribution is 2.31. The van der Waals surface area contributed by atoms with Gasteiger partial charge in [-0.2, -0.15) is 0 Å². The average molecular weight is 295 g/mol. The molecule has 0 atom stereocenters. The van der Waals surface area contributed by atoms with Crippen molar-refractivity contribution >= 4 is 5.91 Å². The zero-order valence-corrected chi connectivity index (χ0v) is 13.9. The zero-order chi connectivity index (χ0) is 15.2. The summed E-state index contributed by atoms with van der Waals surface area (Å²) in [7, 11) is 4.27. The van der Waals surface area contributed by atoms with Gasteiger partial charge in [-0.25, -0.2) is 0 Å². The molecule has 0 unspecified atom stereocenters. The first-order valence-electron chi connectivity index (χ1n) is 8.71. The topological polar surface area (TPSA) is 49.6 Å². The highest BCUT2D eigenvalue weighted by Gasteiger charge is 2.27. The van der Waals surface area contributed by atoms with Crippen molar-refractivity contribution < 1.29 is 4.79 Å². The molecular weight excluding hydrogens is 262 g/mol. The van der Waals surface area contributed by atoms with Gasteiger partial charge < -0.3 is 15.5 Å². The number of nitrogens with two attached hydrogens (primary N) is 1. The van der Waals surface area contributed by atoms with E-state index in [9.17, 15) is 4.79 Å². The molecule has 0 aromatic carbocycles. The second-order valence-electron chi connectivity index (χ2n) is 7.41. The largest absolute Gasteiger partial charge is 0.343 e. The molecule has 1 aliphatic carbocycles. The standard InChI is InChI=1S/C17H33N3O/c1-19(2)13-16-7-9-20(10-8-16)17(21)11-14-3-5-15(12-18)6-4-14/h14-16H,3-13,18H2,1-2H3. The molecule has 2 rings (SSSR count). The number of rotatable bonds is 5. The Bertz CT molecular complexity index is 316. The molecule has 2 N–H and O–H groups in total. The van der Waals surface area contributed by atoms with Crippen molar-refractivity contribution in [1.29, 1.82) is 0 Å². The zero-order valence-electron chi connectivity index (χ0n) is 13.9. The van der Waals surface area contributed by atoms with E-state index in [0.717, 1.165) is 38.5 Å². The third kappa shape index (κ3) is 5.26. The molecule has 1 aliphatic heterocycles. The second-order valence-corrected chi connectivity index (χ2v) is 7.41. The lowest BCUT2D eigenvalue weighted by Crippen LogP contribution is -2.41. The molecular formula is C17H33N3O. The van der Waals surface area contributed by atoms with Crippen molar-refractivity contribution in [3.63, 3.8) is 0 Å². The van der Waals surface area contributed by atoms with Crippen LogP contribution in [-0.4, -0.2) is 56.0 Å². The Morgan fingerprint density at radius 3 is 2.10 bits per heavy atom. The van der Waals surface area contributed by atoms with E-state index in [1.54, 1.807) is 0 Å². The number of carbonyl (C=O) groups excluding carboxylic acids is 1. The van der Waals surface area contributed by atoms with E-state index in [1.807, 2.05) is 0 Å². The summed E-state index contributed by atoms with van der Waals surface area (Å²) >= 11 is 0. The Hall–Kier alpha value is -0.610. The minimum Gasteiger partial charge on any atom is -0.343 e. The van der Waals surface area contributed by atoms with Crippen molar-refractivity contribution in [2.75, 3.05) is 40.3 Å². The number of carbonyl (C=O) groups is 1. The molecule has 2 fully saturated rings. The van der Waals surface area contributed by atoms with Crippen molar-refractivity contribution in [2.45, 2.75) is 44.9 Å². The van der Waals surface area contributed by atoms with Crippen LogP contribution in [0.25, 0.3) is 0 Å². The van der Waals surface area contributed by atoms with E-state index in [2.05, 4.69) is 23.9 Å². The fourth-order valence-electron chi connectivity index (χ4n) is 3.93. The van der Waals surface area contributed by atoms with Crippen LogP contribution in [0.3, 0.4) is 0 Å². The predicted octanol–water partition coefficient (Wildman–Crippen LogP) is 1.94. The Morgan fingerprint density at radius 2 is 1.57 bits per heavy atom.